The van der Waals surface area contributed by atoms with Gasteiger partial charge in [-0.05, 0) is 38.6 Å². The number of amides is 1. The van der Waals surface area contributed by atoms with Crippen LogP contribution in [0.25, 0.3) is 11.3 Å². The van der Waals surface area contributed by atoms with Crippen LogP contribution in [0.1, 0.15) is 13.8 Å². The van der Waals surface area contributed by atoms with Crippen molar-refractivity contribution in [1.82, 2.24) is 15.5 Å². The average Bonchev–Trinajstić information content (AvgIpc) is 2.86. The van der Waals surface area contributed by atoms with Crippen molar-refractivity contribution in [3.63, 3.8) is 0 Å². The lowest BCUT2D eigenvalue weighted by molar-refractivity contribution is -0.121. The Morgan fingerprint density at radius 2 is 1.80 bits per heavy atom. The summed E-state index contributed by atoms with van der Waals surface area (Å²) in [5.41, 5.74) is 1.48. The van der Waals surface area contributed by atoms with Crippen molar-refractivity contribution >= 4 is 11.6 Å². The number of anilines is 1. The summed E-state index contributed by atoms with van der Waals surface area (Å²) >= 11 is 0. The third kappa shape index (κ3) is 2.97. The first-order valence-electron chi connectivity index (χ1n) is 6.31. The van der Waals surface area contributed by atoms with Crippen molar-refractivity contribution in [2.24, 2.45) is 0 Å². The van der Waals surface area contributed by atoms with Crippen molar-refractivity contribution < 1.29 is 4.79 Å². The molecule has 6 heteroatoms. The monoisotopic (exact) mass is 274 g/mol. The lowest BCUT2D eigenvalue weighted by Crippen LogP contribution is -2.47. The summed E-state index contributed by atoms with van der Waals surface area (Å²) in [7, 11) is 1.74. The highest BCUT2D eigenvalue weighted by atomic mass is 16.2. The molecule has 1 aromatic heterocycles. The van der Waals surface area contributed by atoms with Crippen LogP contribution in [0.4, 0.5) is 5.69 Å². The van der Waals surface area contributed by atoms with Gasteiger partial charge < -0.3 is 10.6 Å². The first-order chi connectivity index (χ1) is 9.42. The number of aromatic amines is 2. The highest BCUT2D eigenvalue weighted by Crippen LogP contribution is 2.18. The number of likely N-dealkylation sites (N-methyl/N-ethyl adjacent to an activating group) is 1. The smallest absolute Gasteiger partial charge is 0.264 e. The molecule has 0 radical (unpaired) electrons. The molecule has 1 aromatic carbocycles. The van der Waals surface area contributed by atoms with Gasteiger partial charge >= 0.3 is 0 Å². The van der Waals surface area contributed by atoms with Gasteiger partial charge in [-0.3, -0.25) is 19.8 Å². The van der Waals surface area contributed by atoms with Crippen LogP contribution in [-0.4, -0.2) is 28.7 Å². The Morgan fingerprint density at radius 1 is 1.15 bits per heavy atom. The highest BCUT2D eigenvalue weighted by Gasteiger charge is 2.24. The molecule has 0 fully saturated rings. The first kappa shape index (κ1) is 14.1. The van der Waals surface area contributed by atoms with Gasteiger partial charge in [0.1, 0.15) is 0 Å². The Labute approximate surface area is 116 Å². The van der Waals surface area contributed by atoms with Crippen LogP contribution in [0.2, 0.25) is 0 Å². The molecule has 0 aliphatic heterocycles. The zero-order chi connectivity index (χ0) is 14.8. The van der Waals surface area contributed by atoms with Gasteiger partial charge in [-0.15, -0.1) is 0 Å². The van der Waals surface area contributed by atoms with Crippen molar-refractivity contribution in [2.45, 2.75) is 19.4 Å². The standard InChI is InChI=1S/C14H18N4O2/c1-14(2,15-3)13(20)16-10-6-4-9(5-7-10)11-8-12(19)18-17-11/h4-8,15H,1-3H3,(H,16,20)(H2,17,18,19). The third-order valence-corrected chi connectivity index (χ3v) is 3.24. The summed E-state index contributed by atoms with van der Waals surface area (Å²) in [6, 6.07) is 8.74. The molecule has 1 heterocycles. The number of hydrogen-bond donors (Lipinski definition) is 4. The van der Waals surface area contributed by atoms with Crippen molar-refractivity contribution in [1.29, 1.82) is 0 Å². The number of rotatable bonds is 4. The zero-order valence-corrected chi connectivity index (χ0v) is 11.7. The van der Waals surface area contributed by atoms with Crippen LogP contribution >= 0.6 is 0 Å². The predicted octanol–water partition coefficient (Wildman–Crippen LogP) is 1.31. The molecule has 4 N–H and O–H groups in total. The van der Waals surface area contributed by atoms with Crippen molar-refractivity contribution in [3.05, 3.63) is 40.7 Å². The fourth-order valence-corrected chi connectivity index (χ4v) is 1.62. The number of nitrogens with one attached hydrogen (secondary N) is 4. The molecule has 0 bridgehead atoms. The maximum atomic E-state index is 12.0. The molecule has 6 nitrogen and oxygen atoms in total. The van der Waals surface area contributed by atoms with E-state index < -0.39 is 5.54 Å². The van der Waals surface area contributed by atoms with E-state index >= 15 is 0 Å². The maximum absolute atomic E-state index is 12.0. The Bertz CT molecular complexity index is 652. The van der Waals surface area contributed by atoms with Gasteiger partial charge in [-0.1, -0.05) is 12.1 Å². The number of carbonyl (C=O) groups excluding carboxylic acids is 1. The SMILES string of the molecule is CNC(C)(C)C(=O)Nc1ccc(-c2cc(=O)[nH][nH]2)cc1. The van der Waals surface area contributed by atoms with E-state index in [4.69, 9.17) is 0 Å². The van der Waals surface area contributed by atoms with E-state index in [1.165, 1.54) is 6.07 Å². The first-order valence-corrected chi connectivity index (χ1v) is 6.31. The van der Waals surface area contributed by atoms with Crippen LogP contribution in [-0.2, 0) is 4.79 Å². The summed E-state index contributed by atoms with van der Waals surface area (Å²) < 4.78 is 0. The minimum Gasteiger partial charge on any atom is -0.325 e. The Morgan fingerprint density at radius 3 is 2.30 bits per heavy atom. The molecule has 20 heavy (non-hydrogen) atoms. The lowest BCUT2D eigenvalue weighted by Gasteiger charge is -2.22. The number of benzene rings is 1. The van der Waals surface area contributed by atoms with E-state index in [1.807, 2.05) is 12.1 Å². The van der Waals surface area contributed by atoms with Crippen LogP contribution in [0, 0.1) is 0 Å². The fraction of sp³-hybridized carbons (Fsp3) is 0.286. The van der Waals surface area contributed by atoms with Gasteiger partial charge in [-0.25, -0.2) is 0 Å². The van der Waals surface area contributed by atoms with Gasteiger partial charge in [0.05, 0.1) is 11.2 Å². The van der Waals surface area contributed by atoms with Crippen LogP contribution in [0.5, 0.6) is 0 Å². The normalized spacial score (nSPS) is 11.3. The Balaban J connectivity index is 2.13. The van der Waals surface area contributed by atoms with Crippen LogP contribution in [0.15, 0.2) is 35.1 Å². The van der Waals surface area contributed by atoms with Crippen LogP contribution in [0.3, 0.4) is 0 Å². The Kier molecular flexibility index (Phi) is 3.76. The predicted molar refractivity (Wildman–Crippen MR) is 78.6 cm³/mol. The number of carbonyl (C=O) groups is 1. The summed E-state index contributed by atoms with van der Waals surface area (Å²) in [6.45, 7) is 3.61. The minimum atomic E-state index is -0.634. The second-order valence-corrected chi connectivity index (χ2v) is 5.08. The molecular formula is C14H18N4O2. The highest BCUT2D eigenvalue weighted by molar-refractivity contribution is 5.97. The van der Waals surface area contributed by atoms with E-state index in [9.17, 15) is 9.59 Å². The molecule has 0 saturated heterocycles. The van der Waals surface area contributed by atoms with Crippen molar-refractivity contribution in [2.75, 3.05) is 12.4 Å². The number of H-pyrrole nitrogens is 2. The maximum Gasteiger partial charge on any atom is 0.264 e. The largest absolute Gasteiger partial charge is 0.325 e. The van der Waals surface area contributed by atoms with E-state index in [0.29, 0.717) is 11.4 Å². The van der Waals surface area contributed by atoms with E-state index in [-0.39, 0.29) is 11.5 Å². The second kappa shape index (κ2) is 5.34. The van der Waals surface area contributed by atoms with Gasteiger partial charge in [-0.2, -0.15) is 0 Å². The van der Waals surface area contributed by atoms with E-state index in [2.05, 4.69) is 20.8 Å². The zero-order valence-electron chi connectivity index (χ0n) is 11.7. The Hall–Kier alpha value is -2.34. The summed E-state index contributed by atoms with van der Waals surface area (Å²) in [6.07, 6.45) is 0. The quantitative estimate of drug-likeness (QED) is 0.677. The number of aromatic nitrogens is 2. The van der Waals surface area contributed by atoms with Crippen molar-refractivity contribution in [3.8, 4) is 11.3 Å². The summed E-state index contributed by atoms with van der Waals surface area (Å²) in [4.78, 5) is 23.1. The number of hydrogen-bond acceptors (Lipinski definition) is 3. The molecule has 2 rings (SSSR count). The molecule has 0 aliphatic rings. The molecule has 0 atom stereocenters. The molecular weight excluding hydrogens is 256 g/mol. The third-order valence-electron chi connectivity index (χ3n) is 3.24. The van der Waals surface area contributed by atoms with E-state index in [0.717, 1.165) is 5.56 Å². The molecule has 106 valence electrons. The molecule has 0 spiro atoms. The molecule has 0 saturated carbocycles. The second-order valence-electron chi connectivity index (χ2n) is 5.08. The minimum absolute atomic E-state index is 0.109. The van der Waals surface area contributed by atoms with Gasteiger partial charge in [0.15, 0.2) is 0 Å². The molecule has 0 unspecified atom stereocenters. The average molecular weight is 274 g/mol. The molecule has 1 amide bonds. The molecule has 0 aliphatic carbocycles. The van der Waals surface area contributed by atoms with Gasteiger partial charge in [0, 0.05) is 11.8 Å². The van der Waals surface area contributed by atoms with Crippen LogP contribution < -0.4 is 16.2 Å². The topological polar surface area (TPSA) is 89.8 Å². The summed E-state index contributed by atoms with van der Waals surface area (Å²) in [5, 5.41) is 11.0. The fourth-order valence-electron chi connectivity index (χ4n) is 1.62. The van der Waals surface area contributed by atoms with Gasteiger partial charge in [0.2, 0.25) is 5.91 Å². The van der Waals surface area contributed by atoms with Gasteiger partial charge in [0.25, 0.3) is 5.56 Å². The molecule has 2 aromatic rings. The van der Waals surface area contributed by atoms with E-state index in [1.54, 1.807) is 33.0 Å². The lowest BCUT2D eigenvalue weighted by atomic mass is 10.0. The summed E-state index contributed by atoms with van der Waals surface area (Å²) in [5.74, 6) is -0.109.